The lowest BCUT2D eigenvalue weighted by Gasteiger charge is -2.16. The molecular formula is C10H9NO. The highest BCUT2D eigenvalue weighted by Gasteiger charge is 2.22. The molecule has 1 unspecified atom stereocenters. The summed E-state index contributed by atoms with van der Waals surface area (Å²) in [6, 6.07) is 0. The van der Waals surface area contributed by atoms with Crippen molar-refractivity contribution in [1.29, 1.82) is 0 Å². The summed E-state index contributed by atoms with van der Waals surface area (Å²) >= 11 is 0. The molecule has 0 spiro atoms. The van der Waals surface area contributed by atoms with E-state index in [0.29, 0.717) is 0 Å². The van der Waals surface area contributed by atoms with Crippen molar-refractivity contribution in [3.63, 3.8) is 0 Å². The molecule has 0 saturated carbocycles. The van der Waals surface area contributed by atoms with Gasteiger partial charge >= 0.3 is 0 Å². The van der Waals surface area contributed by atoms with Crippen LogP contribution in [-0.2, 0) is 4.79 Å². The summed E-state index contributed by atoms with van der Waals surface area (Å²) in [5.74, 6) is 0.0109. The quantitative estimate of drug-likeness (QED) is 0.528. The Kier molecular flexibility index (Phi) is 1.54. The van der Waals surface area contributed by atoms with Gasteiger partial charge in [0.05, 0.1) is 11.6 Å². The van der Waals surface area contributed by atoms with Gasteiger partial charge in [-0.25, -0.2) is 0 Å². The van der Waals surface area contributed by atoms with Crippen LogP contribution in [0.1, 0.15) is 6.92 Å². The lowest BCUT2D eigenvalue weighted by Crippen LogP contribution is -2.23. The number of hydrogen-bond donors (Lipinski definition) is 0. The van der Waals surface area contributed by atoms with E-state index in [-0.39, 0.29) is 11.7 Å². The summed E-state index contributed by atoms with van der Waals surface area (Å²) < 4.78 is 0. The Morgan fingerprint density at radius 3 is 3.08 bits per heavy atom. The fourth-order valence-corrected chi connectivity index (χ4v) is 1.41. The molecule has 1 atom stereocenters. The third-order valence-corrected chi connectivity index (χ3v) is 1.96. The van der Waals surface area contributed by atoms with Gasteiger partial charge in [-0.3, -0.25) is 9.79 Å². The second-order valence-corrected chi connectivity index (χ2v) is 2.95. The minimum atomic E-state index is -0.126. The molecule has 1 aliphatic heterocycles. The SMILES string of the molecule is CC1=CC(=O)C2C=CC=CC2=N1. The average molecular weight is 159 g/mol. The molecule has 0 bridgehead atoms. The predicted molar refractivity (Wildman–Crippen MR) is 48.0 cm³/mol. The standard InChI is InChI=1S/C10H9NO/c1-7-6-10(12)8-4-2-3-5-9(8)11-7/h2-6,8H,1H3. The highest BCUT2D eigenvalue weighted by Crippen LogP contribution is 2.18. The summed E-state index contributed by atoms with van der Waals surface area (Å²) in [5.41, 5.74) is 1.66. The Labute approximate surface area is 71.0 Å². The van der Waals surface area contributed by atoms with E-state index in [0.717, 1.165) is 11.4 Å². The third kappa shape index (κ3) is 1.05. The molecule has 0 fully saturated rings. The van der Waals surface area contributed by atoms with Gasteiger partial charge in [0.1, 0.15) is 0 Å². The number of ketones is 1. The number of allylic oxidation sites excluding steroid dienone is 6. The zero-order chi connectivity index (χ0) is 8.55. The molecule has 1 heterocycles. The molecule has 0 aromatic rings. The molecule has 1 aliphatic carbocycles. The summed E-state index contributed by atoms with van der Waals surface area (Å²) in [4.78, 5) is 15.7. The lowest BCUT2D eigenvalue weighted by molar-refractivity contribution is -0.115. The van der Waals surface area contributed by atoms with Gasteiger partial charge in [-0.2, -0.15) is 0 Å². The Bertz CT molecular complexity index is 345. The number of carbonyl (C=O) groups excluding carboxylic acids is 1. The first-order valence-corrected chi connectivity index (χ1v) is 3.93. The number of carbonyl (C=O) groups is 1. The average Bonchev–Trinajstić information content (AvgIpc) is 2.04. The van der Waals surface area contributed by atoms with Crippen LogP contribution in [0, 0.1) is 5.92 Å². The minimum Gasteiger partial charge on any atom is -0.294 e. The van der Waals surface area contributed by atoms with Crippen LogP contribution in [0.2, 0.25) is 0 Å². The van der Waals surface area contributed by atoms with Gasteiger partial charge in [-0.05, 0) is 13.0 Å². The van der Waals surface area contributed by atoms with Crippen LogP contribution in [0.25, 0.3) is 0 Å². The molecule has 60 valence electrons. The molecule has 2 nitrogen and oxygen atoms in total. The van der Waals surface area contributed by atoms with Crippen LogP contribution in [-0.4, -0.2) is 11.5 Å². The summed E-state index contributed by atoms with van der Waals surface area (Å²) in [7, 11) is 0. The Morgan fingerprint density at radius 2 is 2.25 bits per heavy atom. The summed E-state index contributed by atoms with van der Waals surface area (Å²) in [6.45, 7) is 1.84. The Balaban J connectivity index is 2.45. The van der Waals surface area contributed by atoms with Crippen molar-refractivity contribution in [2.75, 3.05) is 0 Å². The van der Waals surface area contributed by atoms with E-state index in [9.17, 15) is 4.79 Å². The zero-order valence-corrected chi connectivity index (χ0v) is 6.82. The van der Waals surface area contributed by atoms with Crippen LogP contribution in [0.4, 0.5) is 0 Å². The maximum atomic E-state index is 11.4. The molecule has 0 aromatic heterocycles. The molecule has 2 heteroatoms. The number of hydrogen-bond acceptors (Lipinski definition) is 2. The highest BCUT2D eigenvalue weighted by atomic mass is 16.1. The number of aliphatic imine (C=N–C) groups is 1. The summed E-state index contributed by atoms with van der Waals surface area (Å²) in [6.07, 6.45) is 9.15. The fourth-order valence-electron chi connectivity index (χ4n) is 1.41. The van der Waals surface area contributed by atoms with Crippen LogP contribution in [0.5, 0.6) is 0 Å². The summed E-state index contributed by atoms with van der Waals surface area (Å²) in [5, 5.41) is 0. The van der Waals surface area contributed by atoms with E-state index in [4.69, 9.17) is 0 Å². The van der Waals surface area contributed by atoms with Crippen molar-refractivity contribution >= 4 is 11.5 Å². The number of rotatable bonds is 0. The fraction of sp³-hybridized carbons (Fsp3) is 0.200. The Morgan fingerprint density at radius 1 is 1.42 bits per heavy atom. The second kappa shape index (κ2) is 2.55. The highest BCUT2D eigenvalue weighted by molar-refractivity contribution is 6.18. The van der Waals surface area contributed by atoms with Crippen LogP contribution in [0.15, 0.2) is 41.1 Å². The maximum Gasteiger partial charge on any atom is 0.170 e. The first kappa shape index (κ1) is 7.22. The molecule has 0 amide bonds. The molecule has 0 saturated heterocycles. The largest absolute Gasteiger partial charge is 0.294 e. The second-order valence-electron chi connectivity index (χ2n) is 2.95. The molecule has 0 aromatic carbocycles. The van der Waals surface area contributed by atoms with Crippen molar-refractivity contribution in [1.82, 2.24) is 0 Å². The van der Waals surface area contributed by atoms with E-state index in [1.54, 1.807) is 6.08 Å². The lowest BCUT2D eigenvalue weighted by atomic mass is 9.91. The van der Waals surface area contributed by atoms with Crippen molar-refractivity contribution in [3.05, 3.63) is 36.1 Å². The molecule has 12 heavy (non-hydrogen) atoms. The van der Waals surface area contributed by atoms with Gasteiger partial charge in [0, 0.05) is 11.8 Å². The van der Waals surface area contributed by atoms with Crippen molar-refractivity contribution in [2.24, 2.45) is 10.9 Å². The molecule has 2 rings (SSSR count). The predicted octanol–water partition coefficient (Wildman–Crippen LogP) is 1.66. The molecule has 0 radical (unpaired) electrons. The van der Waals surface area contributed by atoms with Crippen molar-refractivity contribution in [2.45, 2.75) is 6.92 Å². The van der Waals surface area contributed by atoms with E-state index >= 15 is 0 Å². The first-order chi connectivity index (χ1) is 5.77. The third-order valence-electron chi connectivity index (χ3n) is 1.96. The van der Waals surface area contributed by atoms with Gasteiger partial charge in [0.15, 0.2) is 5.78 Å². The van der Waals surface area contributed by atoms with Gasteiger partial charge in [0.25, 0.3) is 0 Å². The minimum absolute atomic E-state index is 0.126. The zero-order valence-electron chi connectivity index (χ0n) is 6.82. The van der Waals surface area contributed by atoms with Crippen molar-refractivity contribution in [3.8, 4) is 0 Å². The van der Waals surface area contributed by atoms with E-state index in [2.05, 4.69) is 4.99 Å². The first-order valence-electron chi connectivity index (χ1n) is 3.93. The maximum absolute atomic E-state index is 11.4. The molecular weight excluding hydrogens is 150 g/mol. The topological polar surface area (TPSA) is 29.4 Å². The van der Waals surface area contributed by atoms with Crippen LogP contribution in [0.3, 0.4) is 0 Å². The Hall–Kier alpha value is -1.44. The van der Waals surface area contributed by atoms with Crippen molar-refractivity contribution < 1.29 is 4.79 Å². The van der Waals surface area contributed by atoms with E-state index < -0.39 is 0 Å². The monoisotopic (exact) mass is 159 g/mol. The van der Waals surface area contributed by atoms with E-state index in [1.165, 1.54) is 0 Å². The molecule has 2 aliphatic rings. The van der Waals surface area contributed by atoms with Crippen LogP contribution < -0.4 is 0 Å². The van der Waals surface area contributed by atoms with Gasteiger partial charge < -0.3 is 0 Å². The normalized spacial score (nSPS) is 26.4. The smallest absolute Gasteiger partial charge is 0.170 e. The van der Waals surface area contributed by atoms with Gasteiger partial charge in [-0.1, -0.05) is 18.2 Å². The van der Waals surface area contributed by atoms with Gasteiger partial charge in [-0.15, -0.1) is 0 Å². The van der Waals surface area contributed by atoms with E-state index in [1.807, 2.05) is 31.2 Å². The number of fused-ring (bicyclic) bond motifs is 1. The van der Waals surface area contributed by atoms with Crippen LogP contribution >= 0.6 is 0 Å². The number of nitrogens with zero attached hydrogens (tertiary/aromatic N) is 1. The van der Waals surface area contributed by atoms with Gasteiger partial charge in [0.2, 0.25) is 0 Å². The molecule has 0 N–H and O–H groups in total.